The first-order chi connectivity index (χ1) is 10.5. The van der Waals surface area contributed by atoms with Crippen LogP contribution in [-0.2, 0) is 14.3 Å². The maximum Gasteiger partial charge on any atom is 0.309 e. The Labute approximate surface area is 140 Å². The predicted octanol–water partition coefficient (Wildman–Crippen LogP) is 2.91. The Morgan fingerprint density at radius 2 is 2.14 bits per heavy atom. The van der Waals surface area contributed by atoms with Crippen molar-refractivity contribution < 1.29 is 14.3 Å². The number of hydrogen-bond acceptors (Lipinski definition) is 4. The molecule has 1 atom stereocenters. The molecule has 0 aliphatic carbocycles. The molecule has 0 spiro atoms. The van der Waals surface area contributed by atoms with Crippen LogP contribution in [0, 0.1) is 5.92 Å². The molecule has 1 aromatic rings. The van der Waals surface area contributed by atoms with Crippen LogP contribution in [0.5, 0.6) is 0 Å². The van der Waals surface area contributed by atoms with Gasteiger partial charge in [-0.05, 0) is 24.7 Å². The number of ether oxygens (including phenoxy) is 1. The normalized spacial score (nSPS) is 12.0. The third-order valence-electron chi connectivity index (χ3n) is 3.35. The van der Waals surface area contributed by atoms with E-state index in [0.717, 1.165) is 16.7 Å². The number of anilines is 1. The van der Waals surface area contributed by atoms with Crippen molar-refractivity contribution in [3.05, 3.63) is 28.7 Å². The topological polar surface area (TPSA) is 58.6 Å². The van der Waals surface area contributed by atoms with E-state index in [1.54, 1.807) is 0 Å². The van der Waals surface area contributed by atoms with Gasteiger partial charge in [0.25, 0.3) is 0 Å². The van der Waals surface area contributed by atoms with E-state index in [0.29, 0.717) is 19.5 Å². The van der Waals surface area contributed by atoms with Crippen LogP contribution < -0.4 is 5.32 Å². The molecule has 0 heterocycles. The van der Waals surface area contributed by atoms with Crippen molar-refractivity contribution in [1.82, 2.24) is 4.90 Å². The first kappa shape index (κ1) is 18.6. The highest BCUT2D eigenvalue weighted by atomic mass is 79.9. The fraction of sp³-hybridized carbons (Fsp3) is 0.500. The highest BCUT2D eigenvalue weighted by molar-refractivity contribution is 9.10. The Bertz CT molecular complexity index is 508. The van der Waals surface area contributed by atoms with Crippen molar-refractivity contribution in [2.24, 2.45) is 5.92 Å². The summed E-state index contributed by atoms with van der Waals surface area (Å²) in [6, 6.07) is 7.48. The maximum atomic E-state index is 12.0. The fourth-order valence-electron chi connectivity index (χ4n) is 2.09. The molecule has 5 nitrogen and oxygen atoms in total. The molecular formula is C16H23BrN2O3. The molecule has 1 rings (SSSR count). The number of carbonyl (C=O) groups excluding carboxylic acids is 2. The van der Waals surface area contributed by atoms with Crippen LogP contribution in [0.3, 0.4) is 0 Å². The number of carbonyl (C=O) groups is 2. The molecular weight excluding hydrogens is 348 g/mol. The molecule has 1 N–H and O–H groups in total. The van der Waals surface area contributed by atoms with E-state index in [2.05, 4.69) is 26.1 Å². The number of esters is 1. The Balaban J connectivity index is 2.42. The minimum Gasteiger partial charge on any atom is -0.469 e. The summed E-state index contributed by atoms with van der Waals surface area (Å²) in [5, 5.41) is 2.86. The highest BCUT2D eigenvalue weighted by Crippen LogP contribution is 2.15. The number of hydrogen-bond donors (Lipinski definition) is 1. The molecule has 0 saturated carbocycles. The first-order valence-electron chi connectivity index (χ1n) is 7.31. The zero-order valence-electron chi connectivity index (χ0n) is 13.3. The molecule has 1 aromatic carbocycles. The zero-order chi connectivity index (χ0) is 16.5. The standard InChI is InChI=1S/C16H23BrN2O3/c1-4-19(11-12(2)16(21)22-3)9-8-15(20)18-14-7-5-6-13(17)10-14/h5-7,10,12H,4,8-9,11H2,1-3H3,(H,18,20). The predicted molar refractivity (Wildman–Crippen MR) is 90.7 cm³/mol. The van der Waals surface area contributed by atoms with Gasteiger partial charge in [0.05, 0.1) is 13.0 Å². The van der Waals surface area contributed by atoms with Crippen LogP contribution in [0.15, 0.2) is 28.7 Å². The smallest absolute Gasteiger partial charge is 0.309 e. The zero-order valence-corrected chi connectivity index (χ0v) is 14.9. The van der Waals surface area contributed by atoms with E-state index in [-0.39, 0.29) is 17.8 Å². The van der Waals surface area contributed by atoms with E-state index in [9.17, 15) is 9.59 Å². The lowest BCUT2D eigenvalue weighted by molar-refractivity contribution is -0.145. The van der Waals surface area contributed by atoms with Crippen molar-refractivity contribution in [3.8, 4) is 0 Å². The summed E-state index contributed by atoms with van der Waals surface area (Å²) in [4.78, 5) is 25.5. The van der Waals surface area contributed by atoms with Crippen molar-refractivity contribution in [3.63, 3.8) is 0 Å². The molecule has 0 aliphatic rings. The van der Waals surface area contributed by atoms with Gasteiger partial charge in [0.2, 0.25) is 5.91 Å². The fourth-order valence-corrected chi connectivity index (χ4v) is 2.49. The van der Waals surface area contributed by atoms with Gasteiger partial charge in [0.15, 0.2) is 0 Å². The van der Waals surface area contributed by atoms with Crippen LogP contribution in [-0.4, -0.2) is 43.5 Å². The van der Waals surface area contributed by atoms with Gasteiger partial charge in [0, 0.05) is 29.7 Å². The van der Waals surface area contributed by atoms with Crippen molar-refractivity contribution in [2.75, 3.05) is 32.1 Å². The van der Waals surface area contributed by atoms with Gasteiger partial charge in [-0.15, -0.1) is 0 Å². The number of nitrogens with zero attached hydrogens (tertiary/aromatic N) is 1. The Hall–Kier alpha value is -1.40. The maximum absolute atomic E-state index is 12.0. The lowest BCUT2D eigenvalue weighted by atomic mass is 10.1. The number of nitrogens with one attached hydrogen (secondary N) is 1. The minimum atomic E-state index is -0.225. The van der Waals surface area contributed by atoms with Gasteiger partial charge in [-0.1, -0.05) is 35.8 Å². The summed E-state index contributed by atoms with van der Waals surface area (Å²) in [6.45, 7) is 5.82. The van der Waals surface area contributed by atoms with Crippen LogP contribution in [0.25, 0.3) is 0 Å². The van der Waals surface area contributed by atoms with Gasteiger partial charge in [-0.25, -0.2) is 0 Å². The first-order valence-corrected chi connectivity index (χ1v) is 8.11. The van der Waals surface area contributed by atoms with E-state index in [1.165, 1.54) is 7.11 Å². The Kier molecular flexibility index (Phi) is 8.12. The lowest BCUT2D eigenvalue weighted by Gasteiger charge is -2.22. The largest absolute Gasteiger partial charge is 0.469 e. The summed E-state index contributed by atoms with van der Waals surface area (Å²) in [7, 11) is 1.39. The molecule has 1 amide bonds. The summed E-state index contributed by atoms with van der Waals surface area (Å²) < 4.78 is 5.65. The molecule has 0 aliphatic heterocycles. The molecule has 0 saturated heterocycles. The third kappa shape index (κ3) is 6.58. The van der Waals surface area contributed by atoms with Crippen LogP contribution >= 0.6 is 15.9 Å². The van der Waals surface area contributed by atoms with Crippen molar-refractivity contribution in [2.45, 2.75) is 20.3 Å². The molecule has 0 radical (unpaired) electrons. The molecule has 0 bridgehead atoms. The van der Waals surface area contributed by atoms with Gasteiger partial charge in [-0.3, -0.25) is 9.59 Å². The highest BCUT2D eigenvalue weighted by Gasteiger charge is 2.17. The molecule has 22 heavy (non-hydrogen) atoms. The quantitative estimate of drug-likeness (QED) is 0.714. The van der Waals surface area contributed by atoms with Crippen molar-refractivity contribution in [1.29, 1.82) is 0 Å². The summed E-state index contributed by atoms with van der Waals surface area (Å²) >= 11 is 3.37. The average Bonchev–Trinajstić information content (AvgIpc) is 2.50. The van der Waals surface area contributed by atoms with E-state index < -0.39 is 0 Å². The summed E-state index contributed by atoms with van der Waals surface area (Å²) in [6.07, 6.45) is 0.383. The molecule has 0 fully saturated rings. The van der Waals surface area contributed by atoms with Crippen molar-refractivity contribution >= 4 is 33.5 Å². The van der Waals surface area contributed by atoms with E-state index >= 15 is 0 Å². The number of halogens is 1. The molecule has 1 unspecified atom stereocenters. The average molecular weight is 371 g/mol. The number of amides is 1. The number of rotatable bonds is 8. The summed E-state index contributed by atoms with van der Waals surface area (Å²) in [5.41, 5.74) is 0.769. The number of benzene rings is 1. The van der Waals surface area contributed by atoms with Gasteiger partial charge < -0.3 is 15.0 Å². The van der Waals surface area contributed by atoms with Crippen LogP contribution in [0.4, 0.5) is 5.69 Å². The van der Waals surface area contributed by atoms with Gasteiger partial charge in [0.1, 0.15) is 0 Å². The molecule has 0 aromatic heterocycles. The van der Waals surface area contributed by atoms with Gasteiger partial charge >= 0.3 is 5.97 Å². The second-order valence-corrected chi connectivity index (χ2v) is 6.04. The van der Waals surface area contributed by atoms with E-state index in [1.807, 2.05) is 38.1 Å². The minimum absolute atomic E-state index is 0.0396. The second kappa shape index (κ2) is 9.58. The Morgan fingerprint density at radius 3 is 2.73 bits per heavy atom. The monoisotopic (exact) mass is 370 g/mol. The van der Waals surface area contributed by atoms with Gasteiger partial charge in [-0.2, -0.15) is 0 Å². The summed E-state index contributed by atoms with van der Waals surface area (Å²) in [5.74, 6) is -0.461. The molecule has 122 valence electrons. The van der Waals surface area contributed by atoms with Crippen LogP contribution in [0.2, 0.25) is 0 Å². The SMILES string of the molecule is CCN(CCC(=O)Nc1cccc(Br)c1)CC(C)C(=O)OC. The second-order valence-electron chi connectivity index (χ2n) is 5.13. The molecule has 6 heteroatoms. The third-order valence-corrected chi connectivity index (χ3v) is 3.84. The number of methoxy groups -OCH3 is 1. The Morgan fingerprint density at radius 1 is 1.41 bits per heavy atom. The van der Waals surface area contributed by atoms with E-state index in [4.69, 9.17) is 4.74 Å². The lowest BCUT2D eigenvalue weighted by Crippen LogP contribution is -2.34. The van der Waals surface area contributed by atoms with Crippen LogP contribution in [0.1, 0.15) is 20.3 Å².